The predicted molar refractivity (Wildman–Crippen MR) is 223 cm³/mol. The standard InChI is InChI=1S/C49H29N5/c1-2-12-32(13-3-1)47-50-48(33-24-21-31(22-25-33)35-26-23-30-11-4-5-14-34(30)29-35)52-49(51-47)54-42-20-10-17-38-36-15-6-8-18-40(36)53-41-19-9-7-16-37(41)39-27-28-43(54)45(44(38)42)46(39)53/h1-29H. The van der Waals surface area contributed by atoms with E-state index in [1.54, 1.807) is 0 Å². The second kappa shape index (κ2) is 11.1. The highest BCUT2D eigenvalue weighted by atomic mass is 15.2. The van der Waals surface area contributed by atoms with Crippen LogP contribution in [-0.2, 0) is 0 Å². The number of fused-ring (bicyclic) bond motifs is 7. The summed E-state index contributed by atoms with van der Waals surface area (Å²) in [5, 5.41) is 9.75. The Morgan fingerprint density at radius 3 is 1.69 bits per heavy atom. The molecule has 0 N–H and O–H groups in total. The van der Waals surface area contributed by atoms with Crippen molar-refractivity contribution in [2.75, 3.05) is 0 Å². The fourth-order valence-electron chi connectivity index (χ4n) is 8.68. The van der Waals surface area contributed by atoms with Crippen LogP contribution in [0.15, 0.2) is 176 Å². The first-order valence-electron chi connectivity index (χ1n) is 18.3. The maximum absolute atomic E-state index is 5.29. The number of hydrogen-bond donors (Lipinski definition) is 0. The first-order valence-corrected chi connectivity index (χ1v) is 18.3. The van der Waals surface area contributed by atoms with Crippen LogP contribution in [0.3, 0.4) is 0 Å². The summed E-state index contributed by atoms with van der Waals surface area (Å²) >= 11 is 0. The van der Waals surface area contributed by atoms with Gasteiger partial charge in [0.1, 0.15) is 0 Å². The Hall–Kier alpha value is -7.37. The molecule has 0 unspecified atom stereocenters. The number of rotatable bonds is 4. The highest BCUT2D eigenvalue weighted by Crippen LogP contribution is 2.45. The second-order valence-electron chi connectivity index (χ2n) is 14.0. The molecule has 12 aromatic rings. The number of benzene rings is 8. The van der Waals surface area contributed by atoms with Crippen molar-refractivity contribution < 1.29 is 0 Å². The van der Waals surface area contributed by atoms with Crippen LogP contribution in [0.4, 0.5) is 0 Å². The minimum absolute atomic E-state index is 0.588. The van der Waals surface area contributed by atoms with Gasteiger partial charge in [0.15, 0.2) is 11.6 Å². The zero-order valence-corrected chi connectivity index (χ0v) is 29.0. The zero-order valence-electron chi connectivity index (χ0n) is 29.0. The summed E-state index contributed by atoms with van der Waals surface area (Å²) in [6.07, 6.45) is 0. The van der Waals surface area contributed by atoms with Crippen LogP contribution in [0.2, 0.25) is 0 Å². The van der Waals surface area contributed by atoms with Crippen molar-refractivity contribution in [1.82, 2.24) is 23.9 Å². The van der Waals surface area contributed by atoms with Crippen LogP contribution in [0.5, 0.6) is 0 Å². The topological polar surface area (TPSA) is 48.0 Å². The van der Waals surface area contributed by atoms with Crippen LogP contribution in [0, 0.1) is 0 Å². The third-order valence-electron chi connectivity index (χ3n) is 11.1. The summed E-state index contributed by atoms with van der Waals surface area (Å²) in [6.45, 7) is 0. The molecular weight excluding hydrogens is 659 g/mol. The van der Waals surface area contributed by atoms with Gasteiger partial charge >= 0.3 is 0 Å². The quantitative estimate of drug-likeness (QED) is 0.185. The van der Waals surface area contributed by atoms with E-state index >= 15 is 0 Å². The van der Waals surface area contributed by atoms with Crippen LogP contribution in [-0.4, -0.2) is 23.9 Å². The van der Waals surface area contributed by atoms with E-state index in [0.717, 1.165) is 27.7 Å². The van der Waals surface area contributed by atoms with Crippen molar-refractivity contribution in [2.45, 2.75) is 0 Å². The maximum atomic E-state index is 5.29. The normalized spacial score (nSPS) is 12.1. The molecule has 0 aliphatic rings. The van der Waals surface area contributed by atoms with Gasteiger partial charge in [-0.25, -0.2) is 4.98 Å². The van der Waals surface area contributed by atoms with E-state index in [0.29, 0.717) is 17.6 Å². The van der Waals surface area contributed by atoms with Crippen LogP contribution in [0.25, 0.3) is 111 Å². The molecule has 0 amide bonds. The fraction of sp³-hybridized carbons (Fsp3) is 0. The van der Waals surface area contributed by atoms with Gasteiger partial charge in [-0.05, 0) is 57.6 Å². The lowest BCUT2D eigenvalue weighted by Crippen LogP contribution is -2.06. The summed E-state index contributed by atoms with van der Waals surface area (Å²) in [5.41, 5.74) is 9.90. The molecule has 0 radical (unpaired) electrons. The highest BCUT2D eigenvalue weighted by molar-refractivity contribution is 6.33. The number of aromatic nitrogens is 5. The molecule has 0 spiro atoms. The van der Waals surface area contributed by atoms with Gasteiger partial charge in [0.05, 0.1) is 27.6 Å². The molecule has 0 saturated carbocycles. The molecule has 12 rings (SSSR count). The monoisotopic (exact) mass is 687 g/mol. The second-order valence-corrected chi connectivity index (χ2v) is 14.0. The Morgan fingerprint density at radius 1 is 0.333 bits per heavy atom. The van der Waals surface area contributed by atoms with E-state index in [4.69, 9.17) is 15.0 Å². The van der Waals surface area contributed by atoms with E-state index in [9.17, 15) is 0 Å². The zero-order chi connectivity index (χ0) is 35.3. The molecule has 0 aliphatic carbocycles. The lowest BCUT2D eigenvalue weighted by Gasteiger charge is -2.12. The third kappa shape index (κ3) is 4.12. The van der Waals surface area contributed by atoms with Crippen molar-refractivity contribution >= 4 is 70.7 Å². The molecule has 5 heteroatoms. The van der Waals surface area contributed by atoms with Gasteiger partial charge in [0.25, 0.3) is 0 Å². The van der Waals surface area contributed by atoms with Crippen LogP contribution >= 0.6 is 0 Å². The van der Waals surface area contributed by atoms with Crippen molar-refractivity contribution in [2.24, 2.45) is 0 Å². The summed E-state index contributed by atoms with van der Waals surface area (Å²) in [4.78, 5) is 15.6. The molecule has 250 valence electrons. The van der Waals surface area contributed by atoms with Crippen LogP contribution < -0.4 is 0 Å². The van der Waals surface area contributed by atoms with E-state index in [-0.39, 0.29) is 0 Å². The maximum Gasteiger partial charge on any atom is 0.238 e. The Bertz CT molecular complexity index is 3430. The molecule has 0 aliphatic heterocycles. The van der Waals surface area contributed by atoms with E-state index in [1.165, 1.54) is 65.2 Å². The summed E-state index contributed by atoms with van der Waals surface area (Å²) in [6, 6.07) is 62.5. The molecule has 0 atom stereocenters. The molecule has 0 fully saturated rings. The lowest BCUT2D eigenvalue weighted by molar-refractivity contribution is 0.954. The largest absolute Gasteiger partial charge is 0.308 e. The molecule has 4 aromatic heterocycles. The molecule has 54 heavy (non-hydrogen) atoms. The summed E-state index contributed by atoms with van der Waals surface area (Å²) in [7, 11) is 0. The molecule has 4 heterocycles. The molecular formula is C49H29N5. The van der Waals surface area contributed by atoms with Gasteiger partial charge in [0.2, 0.25) is 5.95 Å². The Labute approximate surface area is 309 Å². The van der Waals surface area contributed by atoms with Crippen LogP contribution in [0.1, 0.15) is 0 Å². The van der Waals surface area contributed by atoms with E-state index in [1.807, 2.05) is 18.2 Å². The average molecular weight is 688 g/mol. The van der Waals surface area contributed by atoms with Crippen molar-refractivity contribution in [3.8, 4) is 39.9 Å². The SMILES string of the molecule is c1ccc(-c2nc(-c3ccc(-c4ccc5ccccc5c4)cc3)nc(-n3c4cccc5c6ccccc6n6c7ccccc7c7ccc3c(c54)c76)n2)cc1. The van der Waals surface area contributed by atoms with Crippen molar-refractivity contribution in [3.63, 3.8) is 0 Å². The number of nitrogens with zero attached hydrogens (tertiary/aromatic N) is 5. The first kappa shape index (κ1) is 29.2. The summed E-state index contributed by atoms with van der Waals surface area (Å²) < 4.78 is 4.70. The third-order valence-corrected chi connectivity index (χ3v) is 11.1. The Balaban J connectivity index is 1.14. The molecule has 5 nitrogen and oxygen atoms in total. The van der Waals surface area contributed by atoms with Gasteiger partial charge in [-0.1, -0.05) is 146 Å². The Kier molecular flexibility index (Phi) is 5.99. The predicted octanol–water partition coefficient (Wildman–Crippen LogP) is 12.3. The average Bonchev–Trinajstić information content (AvgIpc) is 3.72. The van der Waals surface area contributed by atoms with Crippen molar-refractivity contribution in [1.29, 1.82) is 0 Å². The van der Waals surface area contributed by atoms with Gasteiger partial charge in [-0.2, -0.15) is 9.97 Å². The molecule has 8 aromatic carbocycles. The lowest BCUT2D eigenvalue weighted by atomic mass is 10.0. The summed E-state index contributed by atoms with van der Waals surface area (Å²) in [5.74, 6) is 1.85. The fourth-order valence-corrected chi connectivity index (χ4v) is 8.68. The van der Waals surface area contributed by atoms with Crippen molar-refractivity contribution in [3.05, 3.63) is 176 Å². The van der Waals surface area contributed by atoms with Gasteiger partial charge in [-0.3, -0.25) is 4.57 Å². The number of para-hydroxylation sites is 2. The van der Waals surface area contributed by atoms with Gasteiger partial charge in [0, 0.05) is 38.1 Å². The number of hydrogen-bond acceptors (Lipinski definition) is 3. The van der Waals surface area contributed by atoms with Gasteiger partial charge < -0.3 is 4.40 Å². The smallest absolute Gasteiger partial charge is 0.238 e. The minimum Gasteiger partial charge on any atom is -0.308 e. The minimum atomic E-state index is 0.588. The molecule has 0 saturated heterocycles. The highest BCUT2D eigenvalue weighted by Gasteiger charge is 2.24. The van der Waals surface area contributed by atoms with E-state index < -0.39 is 0 Å². The first-order chi connectivity index (χ1) is 26.8. The van der Waals surface area contributed by atoms with E-state index in [2.05, 4.69) is 167 Å². The van der Waals surface area contributed by atoms with Gasteiger partial charge in [-0.15, -0.1) is 0 Å². The molecule has 0 bridgehead atoms. The Morgan fingerprint density at radius 2 is 0.907 bits per heavy atom.